The minimum atomic E-state index is 1.02. The van der Waals surface area contributed by atoms with E-state index < -0.39 is 0 Å². The Hall–Kier alpha value is -1.19. The van der Waals surface area contributed by atoms with E-state index in [4.69, 9.17) is 4.84 Å². The third-order valence-corrected chi connectivity index (χ3v) is 2.17. The van der Waals surface area contributed by atoms with Gasteiger partial charge in [0.25, 0.3) is 0 Å². The van der Waals surface area contributed by atoms with Gasteiger partial charge in [0.05, 0.1) is 6.20 Å². The van der Waals surface area contributed by atoms with Gasteiger partial charge in [0.1, 0.15) is 7.11 Å². The maximum Gasteiger partial charge on any atom is 0.154 e. The first-order valence-electron chi connectivity index (χ1n) is 4.25. The second-order valence-corrected chi connectivity index (χ2v) is 2.95. The summed E-state index contributed by atoms with van der Waals surface area (Å²) in [6, 6.07) is 1.98. The second-order valence-electron chi connectivity index (χ2n) is 2.95. The molecule has 66 valence electrons. The van der Waals surface area contributed by atoms with Crippen LogP contribution in [-0.4, -0.2) is 30.1 Å². The highest BCUT2D eigenvalue weighted by Crippen LogP contribution is 2.16. The van der Waals surface area contributed by atoms with Gasteiger partial charge in [0.15, 0.2) is 5.82 Å². The topological polar surface area (TPSA) is 30.3 Å². The molecular weight excluding hydrogens is 154 g/mol. The zero-order valence-corrected chi connectivity index (χ0v) is 7.23. The molecule has 12 heavy (non-hydrogen) atoms. The third kappa shape index (κ3) is 1.24. The van der Waals surface area contributed by atoms with E-state index >= 15 is 0 Å². The average Bonchev–Trinajstić information content (AvgIpc) is 2.75. The Morgan fingerprint density at radius 2 is 2.17 bits per heavy atom. The van der Waals surface area contributed by atoms with Crippen molar-refractivity contribution in [3.05, 3.63) is 12.3 Å². The Morgan fingerprint density at radius 3 is 2.75 bits per heavy atom. The standard InChI is InChI=1S/C8H13N3O/c1-12-11-7-4-8(9-11)10-5-2-3-6-10/h4,7H,2-3,5-6H2,1H3. The Bertz CT molecular complexity index is 253. The molecule has 0 spiro atoms. The Kier molecular flexibility index (Phi) is 1.89. The van der Waals surface area contributed by atoms with Crippen LogP contribution in [0.1, 0.15) is 12.8 Å². The maximum atomic E-state index is 4.93. The summed E-state index contributed by atoms with van der Waals surface area (Å²) in [6.07, 6.45) is 4.38. The highest BCUT2D eigenvalue weighted by molar-refractivity contribution is 5.37. The number of anilines is 1. The largest absolute Gasteiger partial charge is 0.400 e. The van der Waals surface area contributed by atoms with Crippen LogP contribution in [0.4, 0.5) is 5.82 Å². The highest BCUT2D eigenvalue weighted by atomic mass is 16.7. The van der Waals surface area contributed by atoms with Gasteiger partial charge in [0.2, 0.25) is 0 Å². The Morgan fingerprint density at radius 1 is 1.42 bits per heavy atom. The van der Waals surface area contributed by atoms with Gasteiger partial charge >= 0.3 is 0 Å². The number of rotatable bonds is 2. The quantitative estimate of drug-likeness (QED) is 0.644. The SMILES string of the molecule is COn1ccc(N2CCCC2)n1. The van der Waals surface area contributed by atoms with Crippen LogP contribution in [0.25, 0.3) is 0 Å². The van der Waals surface area contributed by atoms with Gasteiger partial charge in [-0.1, -0.05) is 0 Å². The predicted octanol–water partition coefficient (Wildman–Crippen LogP) is 0.542. The maximum absolute atomic E-state index is 4.93. The van der Waals surface area contributed by atoms with Crippen LogP contribution in [0.3, 0.4) is 0 Å². The van der Waals surface area contributed by atoms with E-state index in [-0.39, 0.29) is 0 Å². The van der Waals surface area contributed by atoms with Crippen LogP contribution >= 0.6 is 0 Å². The molecule has 0 N–H and O–H groups in total. The molecule has 0 saturated carbocycles. The number of hydrogen-bond donors (Lipinski definition) is 0. The van der Waals surface area contributed by atoms with Crippen LogP contribution < -0.4 is 9.74 Å². The van der Waals surface area contributed by atoms with Crippen molar-refractivity contribution in [2.24, 2.45) is 0 Å². The molecule has 1 aliphatic heterocycles. The third-order valence-electron chi connectivity index (χ3n) is 2.17. The summed E-state index contributed by atoms with van der Waals surface area (Å²) in [4.78, 5) is 8.69. The van der Waals surface area contributed by atoms with E-state index in [1.807, 2.05) is 12.3 Å². The summed E-state index contributed by atoms with van der Waals surface area (Å²) in [5.41, 5.74) is 0. The summed E-state index contributed by atoms with van der Waals surface area (Å²) in [5.74, 6) is 1.02. The molecule has 0 unspecified atom stereocenters. The summed E-state index contributed by atoms with van der Waals surface area (Å²) in [5, 5.41) is 4.23. The predicted molar refractivity (Wildman–Crippen MR) is 46.2 cm³/mol. The van der Waals surface area contributed by atoms with E-state index in [1.54, 1.807) is 7.11 Å². The van der Waals surface area contributed by atoms with Crippen molar-refractivity contribution in [3.8, 4) is 0 Å². The van der Waals surface area contributed by atoms with Gasteiger partial charge in [0, 0.05) is 19.2 Å². The van der Waals surface area contributed by atoms with E-state index in [2.05, 4.69) is 10.00 Å². The van der Waals surface area contributed by atoms with Gasteiger partial charge in [-0.15, -0.1) is 9.94 Å². The minimum absolute atomic E-state index is 1.02. The second kappa shape index (κ2) is 3.05. The number of nitrogens with zero attached hydrogens (tertiary/aromatic N) is 3. The van der Waals surface area contributed by atoms with E-state index in [0.29, 0.717) is 0 Å². The fraction of sp³-hybridized carbons (Fsp3) is 0.625. The molecule has 0 aliphatic carbocycles. The van der Waals surface area contributed by atoms with Crippen molar-refractivity contribution in [3.63, 3.8) is 0 Å². The van der Waals surface area contributed by atoms with Crippen molar-refractivity contribution in [1.82, 2.24) is 9.94 Å². The molecule has 2 heterocycles. The normalized spacial score (nSPS) is 16.9. The lowest BCUT2D eigenvalue weighted by Crippen LogP contribution is -2.19. The monoisotopic (exact) mass is 167 g/mol. The highest BCUT2D eigenvalue weighted by Gasteiger charge is 2.14. The minimum Gasteiger partial charge on any atom is -0.400 e. The Labute approximate surface area is 71.7 Å². The van der Waals surface area contributed by atoms with Crippen LogP contribution in [0.2, 0.25) is 0 Å². The fourth-order valence-corrected chi connectivity index (χ4v) is 1.51. The summed E-state index contributed by atoms with van der Waals surface area (Å²) < 4.78 is 0. The smallest absolute Gasteiger partial charge is 0.154 e. The molecule has 4 heteroatoms. The van der Waals surface area contributed by atoms with Gasteiger partial charge in [-0.2, -0.15) is 0 Å². The lowest BCUT2D eigenvalue weighted by molar-refractivity contribution is 0.134. The fourth-order valence-electron chi connectivity index (χ4n) is 1.51. The Balaban J connectivity index is 2.11. The van der Waals surface area contributed by atoms with Crippen molar-refractivity contribution in [2.45, 2.75) is 12.8 Å². The zero-order chi connectivity index (χ0) is 8.39. The van der Waals surface area contributed by atoms with Crippen LogP contribution in [0.5, 0.6) is 0 Å². The van der Waals surface area contributed by atoms with Crippen molar-refractivity contribution < 1.29 is 4.84 Å². The summed E-state index contributed by atoms with van der Waals surface area (Å²) in [6.45, 7) is 2.25. The number of aromatic nitrogens is 2. The molecular formula is C8H13N3O. The first-order valence-corrected chi connectivity index (χ1v) is 4.25. The number of hydrogen-bond acceptors (Lipinski definition) is 3. The molecule has 0 amide bonds. The first-order chi connectivity index (χ1) is 5.90. The van der Waals surface area contributed by atoms with Crippen LogP contribution in [0.15, 0.2) is 12.3 Å². The van der Waals surface area contributed by atoms with Gasteiger partial charge in [-0.25, -0.2) is 0 Å². The van der Waals surface area contributed by atoms with E-state index in [0.717, 1.165) is 18.9 Å². The van der Waals surface area contributed by atoms with Crippen LogP contribution in [-0.2, 0) is 0 Å². The molecule has 2 rings (SSSR count). The molecule has 1 saturated heterocycles. The molecule has 0 radical (unpaired) electrons. The van der Waals surface area contributed by atoms with Gasteiger partial charge in [-0.05, 0) is 12.8 Å². The molecule has 0 atom stereocenters. The average molecular weight is 167 g/mol. The van der Waals surface area contributed by atoms with E-state index in [1.165, 1.54) is 17.7 Å². The van der Waals surface area contributed by atoms with E-state index in [9.17, 15) is 0 Å². The lowest BCUT2D eigenvalue weighted by Gasteiger charge is -2.12. The van der Waals surface area contributed by atoms with Crippen LogP contribution in [0, 0.1) is 0 Å². The van der Waals surface area contributed by atoms with Gasteiger partial charge < -0.3 is 9.74 Å². The van der Waals surface area contributed by atoms with Crippen molar-refractivity contribution in [1.29, 1.82) is 0 Å². The molecule has 4 nitrogen and oxygen atoms in total. The summed E-state index contributed by atoms with van der Waals surface area (Å²) in [7, 11) is 1.61. The molecule has 0 bridgehead atoms. The lowest BCUT2D eigenvalue weighted by atomic mass is 10.4. The molecule has 1 aromatic rings. The molecule has 1 aliphatic rings. The molecule has 1 aromatic heterocycles. The van der Waals surface area contributed by atoms with Gasteiger partial charge in [-0.3, -0.25) is 0 Å². The van der Waals surface area contributed by atoms with Crippen molar-refractivity contribution in [2.75, 3.05) is 25.1 Å². The zero-order valence-electron chi connectivity index (χ0n) is 7.23. The van der Waals surface area contributed by atoms with Crippen molar-refractivity contribution >= 4 is 5.82 Å². The molecule has 0 aromatic carbocycles. The summed E-state index contributed by atoms with van der Waals surface area (Å²) >= 11 is 0. The molecule has 1 fully saturated rings. The first kappa shape index (κ1) is 7.46.